The number of aromatic hydroxyl groups is 1. The van der Waals surface area contributed by atoms with E-state index in [-0.39, 0.29) is 18.1 Å². The minimum Gasteiger partial charge on any atom is -0.508 e. The Kier molecular flexibility index (Phi) is 4.83. The number of nitrogens with zero attached hydrogens (tertiary/aromatic N) is 1. The van der Waals surface area contributed by atoms with Gasteiger partial charge in [-0.2, -0.15) is 0 Å². The highest BCUT2D eigenvalue weighted by Gasteiger charge is 2.27. The minimum absolute atomic E-state index is 0.0942. The Morgan fingerprint density at radius 2 is 1.96 bits per heavy atom. The highest BCUT2D eigenvalue weighted by molar-refractivity contribution is 6.31. The van der Waals surface area contributed by atoms with Gasteiger partial charge in [0.1, 0.15) is 5.75 Å². The standard InChI is InChI=1S/C22H23ClN2O2/c1-14-22(18-4-2-3-5-20(18)24-14)15-8-10-25(11-9-15)21(27)12-16-6-7-17(26)13-19(16)23/h2-7,13,15,24,26H,8-12H2,1H3. The molecule has 1 amide bonds. The van der Waals surface area contributed by atoms with Crippen LogP contribution in [0.5, 0.6) is 5.75 Å². The van der Waals surface area contributed by atoms with Crippen LogP contribution in [0.3, 0.4) is 0 Å². The molecule has 3 aromatic rings. The van der Waals surface area contributed by atoms with E-state index in [0.29, 0.717) is 10.9 Å². The van der Waals surface area contributed by atoms with Crippen molar-refractivity contribution in [2.45, 2.75) is 32.1 Å². The van der Waals surface area contributed by atoms with Crippen LogP contribution < -0.4 is 0 Å². The number of hydrogen-bond donors (Lipinski definition) is 2. The number of amides is 1. The van der Waals surface area contributed by atoms with Gasteiger partial charge in [-0.3, -0.25) is 4.79 Å². The van der Waals surface area contributed by atoms with Gasteiger partial charge < -0.3 is 15.0 Å². The van der Waals surface area contributed by atoms with Crippen molar-refractivity contribution in [3.05, 3.63) is 64.3 Å². The van der Waals surface area contributed by atoms with Crippen LogP contribution in [0.15, 0.2) is 42.5 Å². The van der Waals surface area contributed by atoms with E-state index in [9.17, 15) is 9.90 Å². The summed E-state index contributed by atoms with van der Waals surface area (Å²) >= 11 is 6.14. The minimum atomic E-state index is 0.0942. The molecule has 140 valence electrons. The Morgan fingerprint density at radius 1 is 1.22 bits per heavy atom. The fraction of sp³-hybridized carbons (Fsp3) is 0.318. The Labute approximate surface area is 163 Å². The monoisotopic (exact) mass is 382 g/mol. The van der Waals surface area contributed by atoms with Crippen LogP contribution in [-0.4, -0.2) is 34.0 Å². The van der Waals surface area contributed by atoms with Crippen molar-refractivity contribution in [3.8, 4) is 5.75 Å². The predicted molar refractivity (Wildman–Crippen MR) is 108 cm³/mol. The van der Waals surface area contributed by atoms with Gasteiger partial charge in [0.25, 0.3) is 0 Å². The number of phenols is 1. The molecule has 0 spiro atoms. The highest BCUT2D eigenvalue weighted by Crippen LogP contribution is 2.35. The van der Waals surface area contributed by atoms with Crippen LogP contribution >= 0.6 is 11.6 Å². The molecule has 1 aliphatic heterocycles. The number of fused-ring (bicyclic) bond motifs is 1. The van der Waals surface area contributed by atoms with E-state index in [2.05, 4.69) is 36.2 Å². The first-order chi connectivity index (χ1) is 13.0. The van der Waals surface area contributed by atoms with E-state index in [0.717, 1.165) is 31.5 Å². The fourth-order valence-electron chi connectivity index (χ4n) is 4.20. The van der Waals surface area contributed by atoms with Crippen molar-refractivity contribution in [2.24, 2.45) is 0 Å². The summed E-state index contributed by atoms with van der Waals surface area (Å²) in [6.45, 7) is 3.66. The number of likely N-dealkylation sites (tertiary alicyclic amines) is 1. The zero-order valence-corrected chi connectivity index (χ0v) is 16.1. The zero-order valence-electron chi connectivity index (χ0n) is 15.3. The molecule has 4 rings (SSSR count). The molecule has 1 fully saturated rings. The van der Waals surface area contributed by atoms with Crippen molar-refractivity contribution < 1.29 is 9.90 Å². The fourth-order valence-corrected chi connectivity index (χ4v) is 4.44. The van der Waals surface area contributed by atoms with Gasteiger partial charge in [0.15, 0.2) is 0 Å². The van der Waals surface area contributed by atoms with Crippen LogP contribution in [0.2, 0.25) is 5.02 Å². The number of rotatable bonds is 3. The molecule has 5 heteroatoms. The van der Waals surface area contributed by atoms with Crippen LogP contribution in [-0.2, 0) is 11.2 Å². The summed E-state index contributed by atoms with van der Waals surface area (Å²) in [6.07, 6.45) is 2.21. The summed E-state index contributed by atoms with van der Waals surface area (Å²) in [4.78, 5) is 18.1. The third kappa shape index (κ3) is 3.54. The quantitative estimate of drug-likeness (QED) is 0.684. The van der Waals surface area contributed by atoms with Gasteiger partial charge in [0.05, 0.1) is 6.42 Å². The molecule has 2 N–H and O–H groups in total. The molecule has 2 aromatic carbocycles. The molecule has 2 heterocycles. The lowest BCUT2D eigenvalue weighted by Crippen LogP contribution is -2.38. The maximum Gasteiger partial charge on any atom is 0.227 e. The van der Waals surface area contributed by atoms with Gasteiger partial charge in [0.2, 0.25) is 5.91 Å². The summed E-state index contributed by atoms with van der Waals surface area (Å²) in [5, 5.41) is 11.2. The van der Waals surface area contributed by atoms with E-state index < -0.39 is 0 Å². The molecule has 27 heavy (non-hydrogen) atoms. The molecule has 0 saturated carbocycles. The molecule has 0 bridgehead atoms. The van der Waals surface area contributed by atoms with Crippen molar-refractivity contribution in [1.82, 2.24) is 9.88 Å². The van der Waals surface area contributed by atoms with E-state index in [1.54, 1.807) is 12.1 Å². The van der Waals surface area contributed by atoms with E-state index in [1.165, 1.54) is 28.2 Å². The number of hydrogen-bond acceptors (Lipinski definition) is 2. The second kappa shape index (κ2) is 7.28. The molecule has 0 atom stereocenters. The second-order valence-electron chi connectivity index (χ2n) is 7.32. The van der Waals surface area contributed by atoms with Gasteiger partial charge in [-0.15, -0.1) is 0 Å². The van der Waals surface area contributed by atoms with Crippen molar-refractivity contribution in [2.75, 3.05) is 13.1 Å². The first-order valence-electron chi connectivity index (χ1n) is 9.35. The number of aryl methyl sites for hydroxylation is 1. The predicted octanol–water partition coefficient (Wildman–Crippen LogP) is 4.78. The number of piperidine rings is 1. The zero-order chi connectivity index (χ0) is 19.0. The van der Waals surface area contributed by atoms with Crippen LogP contribution in [0.25, 0.3) is 10.9 Å². The van der Waals surface area contributed by atoms with Gasteiger partial charge >= 0.3 is 0 Å². The normalized spacial score (nSPS) is 15.4. The van der Waals surface area contributed by atoms with Gasteiger partial charge in [-0.05, 0) is 55.0 Å². The third-order valence-corrected chi connectivity index (χ3v) is 5.93. The first kappa shape index (κ1) is 17.9. The Morgan fingerprint density at radius 3 is 2.70 bits per heavy atom. The average Bonchev–Trinajstić information content (AvgIpc) is 3.00. The number of para-hydroxylation sites is 1. The number of nitrogens with one attached hydrogen (secondary N) is 1. The Hall–Kier alpha value is -2.46. The molecule has 0 radical (unpaired) electrons. The van der Waals surface area contributed by atoms with E-state index in [4.69, 9.17) is 11.6 Å². The SMILES string of the molecule is Cc1[nH]c2ccccc2c1C1CCN(C(=O)Cc2ccc(O)cc2Cl)CC1. The van der Waals surface area contributed by atoms with Crippen LogP contribution in [0, 0.1) is 6.92 Å². The van der Waals surface area contributed by atoms with E-state index >= 15 is 0 Å². The van der Waals surface area contributed by atoms with Crippen molar-refractivity contribution in [3.63, 3.8) is 0 Å². The number of carbonyl (C=O) groups excluding carboxylic acids is 1. The number of H-pyrrole nitrogens is 1. The van der Waals surface area contributed by atoms with E-state index in [1.807, 2.05) is 4.90 Å². The highest BCUT2D eigenvalue weighted by atomic mass is 35.5. The van der Waals surface area contributed by atoms with Gasteiger partial charge in [0, 0.05) is 34.7 Å². The molecule has 1 saturated heterocycles. The summed E-state index contributed by atoms with van der Waals surface area (Å²) in [5.41, 5.74) is 4.58. The summed E-state index contributed by atoms with van der Waals surface area (Å²) in [5.74, 6) is 0.685. The lowest BCUT2D eigenvalue weighted by Gasteiger charge is -2.32. The van der Waals surface area contributed by atoms with Crippen molar-refractivity contribution in [1.29, 1.82) is 0 Å². The molecular formula is C22H23ClN2O2. The summed E-state index contributed by atoms with van der Waals surface area (Å²) < 4.78 is 0. The van der Waals surface area contributed by atoms with Crippen LogP contribution in [0.4, 0.5) is 0 Å². The topological polar surface area (TPSA) is 56.3 Å². The lowest BCUT2D eigenvalue weighted by atomic mass is 9.87. The van der Waals surface area contributed by atoms with Crippen molar-refractivity contribution >= 4 is 28.4 Å². The number of benzene rings is 2. The smallest absolute Gasteiger partial charge is 0.227 e. The maximum absolute atomic E-state index is 12.7. The summed E-state index contributed by atoms with van der Waals surface area (Å²) in [6, 6.07) is 13.2. The molecule has 0 unspecified atom stereocenters. The number of aromatic nitrogens is 1. The Bertz CT molecular complexity index is 987. The second-order valence-corrected chi connectivity index (χ2v) is 7.72. The van der Waals surface area contributed by atoms with Crippen LogP contribution in [0.1, 0.15) is 35.6 Å². The summed E-state index contributed by atoms with van der Waals surface area (Å²) in [7, 11) is 0. The Balaban J connectivity index is 1.44. The molecule has 0 aliphatic carbocycles. The molecule has 1 aliphatic rings. The number of halogens is 1. The molecular weight excluding hydrogens is 360 g/mol. The number of aromatic amines is 1. The van der Waals surface area contributed by atoms with Gasteiger partial charge in [-0.25, -0.2) is 0 Å². The van der Waals surface area contributed by atoms with Gasteiger partial charge in [-0.1, -0.05) is 35.9 Å². The third-order valence-electron chi connectivity index (χ3n) is 5.58. The first-order valence-corrected chi connectivity index (χ1v) is 9.73. The largest absolute Gasteiger partial charge is 0.508 e. The number of carbonyl (C=O) groups is 1. The molecule has 4 nitrogen and oxygen atoms in total. The lowest BCUT2D eigenvalue weighted by molar-refractivity contribution is -0.131. The number of phenolic OH excluding ortho intramolecular Hbond substituents is 1. The average molecular weight is 383 g/mol. The maximum atomic E-state index is 12.7. The molecule has 1 aromatic heterocycles.